The molecular formula is C22H26N+. The van der Waals surface area contributed by atoms with E-state index >= 15 is 0 Å². The fourth-order valence-electron chi connectivity index (χ4n) is 3.26. The summed E-state index contributed by atoms with van der Waals surface area (Å²) in [6.45, 7) is 8.24. The summed E-state index contributed by atoms with van der Waals surface area (Å²) in [5.74, 6) is 9.66. The molecule has 0 N–H and O–H groups in total. The Morgan fingerprint density at radius 3 is 2.30 bits per heavy atom. The molecule has 0 aliphatic heterocycles. The van der Waals surface area contributed by atoms with E-state index in [0.29, 0.717) is 0 Å². The summed E-state index contributed by atoms with van der Waals surface area (Å²) in [5.41, 5.74) is 1.11. The molecule has 0 aromatic heterocycles. The fourth-order valence-corrected chi connectivity index (χ4v) is 3.26. The Kier molecular flexibility index (Phi) is 6.28. The highest BCUT2D eigenvalue weighted by atomic mass is 15.3. The monoisotopic (exact) mass is 304 g/mol. The second-order valence-electron chi connectivity index (χ2n) is 6.14. The van der Waals surface area contributed by atoms with Crippen LogP contribution in [0.15, 0.2) is 42.5 Å². The minimum Gasteiger partial charge on any atom is -0.303 e. The summed E-state index contributed by atoms with van der Waals surface area (Å²) in [6.07, 6.45) is 7.89. The summed E-state index contributed by atoms with van der Waals surface area (Å²) in [6, 6.07) is 14.7. The van der Waals surface area contributed by atoms with Crippen LogP contribution in [-0.4, -0.2) is 30.7 Å². The van der Waals surface area contributed by atoms with Crippen molar-refractivity contribution in [2.75, 3.05) is 26.2 Å². The molecule has 0 amide bonds. The van der Waals surface area contributed by atoms with Gasteiger partial charge in [0.1, 0.15) is 13.1 Å². The van der Waals surface area contributed by atoms with Crippen LogP contribution in [0.5, 0.6) is 0 Å². The van der Waals surface area contributed by atoms with Crippen LogP contribution in [0.4, 0.5) is 0 Å². The predicted octanol–water partition coefficient (Wildman–Crippen LogP) is 4.46. The third-order valence-electron chi connectivity index (χ3n) is 4.25. The largest absolute Gasteiger partial charge is 0.303 e. The van der Waals surface area contributed by atoms with E-state index in [9.17, 15) is 0 Å². The molecule has 2 aromatic carbocycles. The topological polar surface area (TPSA) is 0 Å². The van der Waals surface area contributed by atoms with Gasteiger partial charge in [-0.05, 0) is 41.5 Å². The van der Waals surface area contributed by atoms with Crippen molar-refractivity contribution in [2.24, 2.45) is 0 Å². The Balaban J connectivity index is 2.27. The maximum absolute atomic E-state index is 5.62. The molecule has 1 heteroatoms. The minimum atomic E-state index is 0.770. The van der Waals surface area contributed by atoms with Gasteiger partial charge in [0.15, 0.2) is 0 Å². The molecule has 2 aromatic rings. The van der Waals surface area contributed by atoms with Gasteiger partial charge < -0.3 is 4.48 Å². The van der Waals surface area contributed by atoms with Crippen LogP contribution in [0.25, 0.3) is 10.8 Å². The van der Waals surface area contributed by atoms with Crippen molar-refractivity contribution < 1.29 is 4.48 Å². The average molecular weight is 304 g/mol. The highest BCUT2D eigenvalue weighted by Gasteiger charge is 2.23. The molecule has 0 heterocycles. The number of fused-ring (bicyclic) bond motifs is 1. The van der Waals surface area contributed by atoms with Gasteiger partial charge in [-0.25, -0.2) is 0 Å². The van der Waals surface area contributed by atoms with E-state index in [4.69, 9.17) is 6.42 Å². The molecule has 118 valence electrons. The standard InChI is InChI=1S/C22H26N/c1-4-16-23(17-5-2,18-6-3)19-10-14-21-13-9-12-20-11-7-8-15-22(20)21/h1,7-9,11-13,15H,5-6,16-19H2,2-3H3/q+1. The average Bonchev–Trinajstić information content (AvgIpc) is 2.56. The lowest BCUT2D eigenvalue weighted by atomic mass is 10.1. The molecule has 0 aliphatic rings. The summed E-state index contributed by atoms with van der Waals surface area (Å²) in [4.78, 5) is 0. The maximum atomic E-state index is 5.62. The van der Waals surface area contributed by atoms with Gasteiger partial charge in [-0.2, -0.15) is 0 Å². The first-order valence-electron chi connectivity index (χ1n) is 8.50. The van der Waals surface area contributed by atoms with E-state index < -0.39 is 0 Å². The molecule has 0 saturated carbocycles. The molecular weight excluding hydrogens is 278 g/mol. The highest BCUT2D eigenvalue weighted by molar-refractivity contribution is 5.88. The summed E-state index contributed by atoms with van der Waals surface area (Å²) < 4.78 is 0.918. The summed E-state index contributed by atoms with van der Waals surface area (Å²) in [5, 5.41) is 2.47. The number of nitrogens with zero attached hydrogens (tertiary/aromatic N) is 1. The molecule has 0 saturated heterocycles. The first-order valence-corrected chi connectivity index (χ1v) is 8.50. The molecule has 1 nitrogen and oxygen atoms in total. The lowest BCUT2D eigenvalue weighted by molar-refractivity contribution is -0.915. The van der Waals surface area contributed by atoms with Gasteiger partial charge in [-0.15, -0.1) is 6.42 Å². The lowest BCUT2D eigenvalue weighted by Gasteiger charge is -2.35. The normalized spacial score (nSPS) is 10.8. The maximum Gasteiger partial charge on any atom is 0.142 e. The van der Waals surface area contributed by atoms with Gasteiger partial charge in [-0.3, -0.25) is 0 Å². The van der Waals surface area contributed by atoms with Gasteiger partial charge in [0.2, 0.25) is 0 Å². The van der Waals surface area contributed by atoms with Crippen LogP contribution in [0.3, 0.4) is 0 Å². The van der Waals surface area contributed by atoms with Crippen LogP contribution in [0, 0.1) is 24.2 Å². The first kappa shape index (κ1) is 17.1. The quantitative estimate of drug-likeness (QED) is 0.546. The van der Waals surface area contributed by atoms with Crippen molar-refractivity contribution in [1.82, 2.24) is 0 Å². The Bertz CT molecular complexity index is 728. The van der Waals surface area contributed by atoms with Crippen molar-refractivity contribution >= 4 is 10.8 Å². The molecule has 0 unspecified atom stereocenters. The fraction of sp³-hybridized carbons (Fsp3) is 0.364. The number of hydrogen-bond donors (Lipinski definition) is 0. The van der Waals surface area contributed by atoms with Crippen LogP contribution in [0.1, 0.15) is 32.3 Å². The van der Waals surface area contributed by atoms with Gasteiger partial charge in [0, 0.05) is 5.56 Å². The number of quaternary nitrogens is 1. The van der Waals surface area contributed by atoms with E-state index in [-0.39, 0.29) is 0 Å². The van der Waals surface area contributed by atoms with E-state index in [1.807, 2.05) is 0 Å². The smallest absolute Gasteiger partial charge is 0.142 e. The van der Waals surface area contributed by atoms with Crippen LogP contribution in [0.2, 0.25) is 0 Å². The van der Waals surface area contributed by atoms with Crippen molar-refractivity contribution in [2.45, 2.75) is 26.7 Å². The molecule has 0 atom stereocenters. The van der Waals surface area contributed by atoms with E-state index in [1.165, 1.54) is 10.8 Å². The number of benzene rings is 2. The van der Waals surface area contributed by atoms with Crippen molar-refractivity contribution in [3.63, 3.8) is 0 Å². The molecule has 0 bridgehead atoms. The first-order chi connectivity index (χ1) is 11.2. The second kappa shape index (κ2) is 8.42. The number of hydrogen-bond acceptors (Lipinski definition) is 0. The minimum absolute atomic E-state index is 0.770. The van der Waals surface area contributed by atoms with Gasteiger partial charge >= 0.3 is 0 Å². The number of rotatable bonds is 6. The summed E-state index contributed by atoms with van der Waals surface area (Å²) >= 11 is 0. The van der Waals surface area contributed by atoms with Gasteiger partial charge in [0.05, 0.1) is 13.1 Å². The molecule has 0 aliphatic carbocycles. The molecule has 2 rings (SSSR count). The molecule has 0 fully saturated rings. The van der Waals surface area contributed by atoms with Crippen molar-refractivity contribution in [1.29, 1.82) is 0 Å². The third-order valence-corrected chi connectivity index (χ3v) is 4.25. The SMILES string of the molecule is C#CC[N+](CC#Cc1cccc2ccccc12)(CCC)CCC. The zero-order valence-corrected chi connectivity index (χ0v) is 14.3. The third kappa shape index (κ3) is 4.38. The molecule has 0 spiro atoms. The summed E-state index contributed by atoms with van der Waals surface area (Å²) in [7, 11) is 0. The van der Waals surface area contributed by atoms with Crippen LogP contribution >= 0.6 is 0 Å². The van der Waals surface area contributed by atoms with Crippen molar-refractivity contribution in [3.05, 3.63) is 48.0 Å². The lowest BCUT2D eigenvalue weighted by Crippen LogP contribution is -2.49. The van der Waals surface area contributed by atoms with Crippen molar-refractivity contribution in [3.8, 4) is 24.2 Å². The second-order valence-corrected chi connectivity index (χ2v) is 6.14. The van der Waals surface area contributed by atoms with E-state index in [2.05, 4.69) is 74.1 Å². The molecule has 23 heavy (non-hydrogen) atoms. The number of terminal acetylenes is 1. The predicted molar refractivity (Wildman–Crippen MR) is 100.0 cm³/mol. The Morgan fingerprint density at radius 2 is 1.61 bits per heavy atom. The van der Waals surface area contributed by atoms with Gasteiger partial charge in [0.25, 0.3) is 0 Å². The van der Waals surface area contributed by atoms with Crippen LogP contribution < -0.4 is 0 Å². The Labute approximate surface area is 140 Å². The highest BCUT2D eigenvalue weighted by Crippen LogP contribution is 2.17. The van der Waals surface area contributed by atoms with Crippen LogP contribution in [-0.2, 0) is 0 Å². The Hall–Kier alpha value is -2.22. The molecule has 0 radical (unpaired) electrons. The Morgan fingerprint density at radius 1 is 0.913 bits per heavy atom. The zero-order valence-electron chi connectivity index (χ0n) is 14.3. The van der Waals surface area contributed by atoms with Gasteiger partial charge in [-0.1, -0.05) is 56.2 Å². The zero-order chi connectivity index (χ0) is 16.5. The van der Waals surface area contributed by atoms with E-state index in [1.54, 1.807) is 0 Å². The van der Waals surface area contributed by atoms with E-state index in [0.717, 1.165) is 49.1 Å².